The van der Waals surface area contributed by atoms with Crippen LogP contribution in [0.1, 0.15) is 32.7 Å². The smallest absolute Gasteiger partial charge is 0.194 e. The molecule has 0 heterocycles. The summed E-state index contributed by atoms with van der Waals surface area (Å²) < 4.78 is 0. The fourth-order valence-electron chi connectivity index (χ4n) is 3.16. The van der Waals surface area contributed by atoms with E-state index in [9.17, 15) is 9.59 Å². The lowest BCUT2D eigenvalue weighted by Gasteiger charge is -2.23. The maximum absolute atomic E-state index is 12.9. The van der Waals surface area contributed by atoms with E-state index in [1.807, 2.05) is 42.5 Å². The molecule has 110 valence electrons. The van der Waals surface area contributed by atoms with Gasteiger partial charge in [-0.2, -0.15) is 0 Å². The van der Waals surface area contributed by atoms with Gasteiger partial charge in [-0.3, -0.25) is 9.59 Å². The zero-order valence-corrected chi connectivity index (χ0v) is 12.5. The number of carbonyl (C=O) groups is 2. The van der Waals surface area contributed by atoms with E-state index in [1.54, 1.807) is 30.3 Å². The summed E-state index contributed by atoms with van der Waals surface area (Å²) in [5.41, 5.74) is 4.01. The molecule has 0 aliphatic heterocycles. The number of allylic oxidation sites excluding steroid dienone is 5. The van der Waals surface area contributed by atoms with E-state index in [0.29, 0.717) is 28.7 Å². The topological polar surface area (TPSA) is 34.1 Å². The van der Waals surface area contributed by atoms with E-state index < -0.39 is 0 Å². The molecule has 0 saturated heterocycles. The lowest BCUT2D eigenvalue weighted by Crippen LogP contribution is -2.23. The van der Waals surface area contributed by atoms with Gasteiger partial charge in [0.25, 0.3) is 0 Å². The monoisotopic (exact) mass is 298 g/mol. The van der Waals surface area contributed by atoms with Crippen LogP contribution in [0, 0.1) is 0 Å². The third-order valence-corrected chi connectivity index (χ3v) is 4.24. The van der Waals surface area contributed by atoms with Gasteiger partial charge in [-0.1, -0.05) is 72.8 Å². The number of hydrogen-bond donors (Lipinski definition) is 0. The van der Waals surface area contributed by atoms with Crippen molar-refractivity contribution in [1.82, 2.24) is 0 Å². The normalized spacial score (nSPS) is 18.2. The molecular weight excluding hydrogens is 284 g/mol. The van der Waals surface area contributed by atoms with Crippen molar-refractivity contribution in [3.05, 3.63) is 100 Å². The number of benzene rings is 2. The Balaban J connectivity index is 1.89. The molecule has 2 aliphatic rings. The first-order valence-electron chi connectivity index (χ1n) is 7.61. The third-order valence-electron chi connectivity index (χ3n) is 4.24. The number of carbonyl (C=O) groups excluding carboxylic acids is 2. The fourth-order valence-corrected chi connectivity index (χ4v) is 3.16. The van der Waals surface area contributed by atoms with Gasteiger partial charge in [-0.25, -0.2) is 0 Å². The summed E-state index contributed by atoms with van der Waals surface area (Å²) in [6.45, 7) is 0. The van der Waals surface area contributed by atoms with E-state index >= 15 is 0 Å². The Morgan fingerprint density at radius 2 is 1.43 bits per heavy atom. The third kappa shape index (κ3) is 2.20. The van der Waals surface area contributed by atoms with Crippen LogP contribution in [0.3, 0.4) is 0 Å². The summed E-state index contributed by atoms with van der Waals surface area (Å²) in [6, 6.07) is 16.9. The summed E-state index contributed by atoms with van der Waals surface area (Å²) in [6.07, 6.45) is 6.40. The number of hydrogen-bond acceptors (Lipinski definition) is 2. The average Bonchev–Trinajstić information content (AvgIpc) is 2.60. The molecule has 0 aromatic heterocycles. The van der Waals surface area contributed by atoms with E-state index in [1.165, 1.54) is 0 Å². The SMILES string of the molecule is O=C1C2=C(C(=O)c3ccccc31)C(=Cc1ccccc1)CC=C2. The lowest BCUT2D eigenvalue weighted by molar-refractivity contribution is 0.0979. The highest BCUT2D eigenvalue weighted by Gasteiger charge is 2.33. The van der Waals surface area contributed by atoms with Crippen LogP contribution in [-0.4, -0.2) is 11.6 Å². The highest BCUT2D eigenvalue weighted by molar-refractivity contribution is 6.30. The van der Waals surface area contributed by atoms with Crippen LogP contribution in [0.4, 0.5) is 0 Å². The molecule has 2 aliphatic carbocycles. The average molecular weight is 298 g/mol. The Kier molecular flexibility index (Phi) is 3.16. The minimum atomic E-state index is -0.0647. The van der Waals surface area contributed by atoms with Gasteiger partial charge < -0.3 is 0 Å². The maximum Gasteiger partial charge on any atom is 0.194 e. The summed E-state index contributed by atoms with van der Waals surface area (Å²) in [4.78, 5) is 25.6. The number of fused-ring (bicyclic) bond motifs is 1. The van der Waals surface area contributed by atoms with Gasteiger partial charge in [0.2, 0.25) is 0 Å². The Bertz CT molecular complexity index is 912. The van der Waals surface area contributed by atoms with Crippen LogP contribution in [0.5, 0.6) is 0 Å². The second kappa shape index (κ2) is 5.33. The zero-order chi connectivity index (χ0) is 15.8. The molecular formula is C21H14O2. The predicted molar refractivity (Wildman–Crippen MR) is 90.3 cm³/mol. The van der Waals surface area contributed by atoms with Crippen LogP contribution in [0.2, 0.25) is 0 Å². The van der Waals surface area contributed by atoms with Crippen molar-refractivity contribution in [3.8, 4) is 0 Å². The molecule has 0 bridgehead atoms. The second-order valence-electron chi connectivity index (χ2n) is 5.68. The molecule has 2 nitrogen and oxygen atoms in total. The first-order chi connectivity index (χ1) is 11.3. The Labute approximate surface area is 134 Å². The first kappa shape index (κ1) is 13.6. The molecule has 0 fully saturated rings. The van der Waals surface area contributed by atoms with Crippen molar-refractivity contribution in [2.24, 2.45) is 0 Å². The van der Waals surface area contributed by atoms with Crippen molar-refractivity contribution in [2.45, 2.75) is 6.42 Å². The van der Waals surface area contributed by atoms with E-state index in [2.05, 4.69) is 0 Å². The van der Waals surface area contributed by atoms with Gasteiger partial charge in [0.15, 0.2) is 11.6 Å². The summed E-state index contributed by atoms with van der Waals surface area (Å²) >= 11 is 0. The molecule has 4 rings (SSSR count). The Hall–Kier alpha value is -3.00. The van der Waals surface area contributed by atoms with E-state index in [4.69, 9.17) is 0 Å². The van der Waals surface area contributed by atoms with Gasteiger partial charge >= 0.3 is 0 Å². The first-order valence-corrected chi connectivity index (χ1v) is 7.61. The van der Waals surface area contributed by atoms with Gasteiger partial charge in [0, 0.05) is 22.3 Å². The lowest BCUT2D eigenvalue weighted by atomic mass is 9.77. The van der Waals surface area contributed by atoms with Crippen LogP contribution < -0.4 is 0 Å². The Morgan fingerprint density at radius 1 is 0.783 bits per heavy atom. The molecule has 0 spiro atoms. The van der Waals surface area contributed by atoms with Crippen LogP contribution in [0.15, 0.2) is 83.5 Å². The van der Waals surface area contributed by atoms with Crippen molar-refractivity contribution in [2.75, 3.05) is 0 Å². The fraction of sp³-hybridized carbons (Fsp3) is 0.0476. The minimum Gasteiger partial charge on any atom is -0.289 e. The van der Waals surface area contributed by atoms with E-state index in [0.717, 1.165) is 11.1 Å². The Morgan fingerprint density at radius 3 is 2.17 bits per heavy atom. The largest absolute Gasteiger partial charge is 0.289 e. The molecule has 0 saturated carbocycles. The van der Waals surface area contributed by atoms with Gasteiger partial charge in [0.1, 0.15) is 0 Å². The second-order valence-corrected chi connectivity index (χ2v) is 5.68. The molecule has 0 amide bonds. The maximum atomic E-state index is 12.9. The quantitative estimate of drug-likeness (QED) is 0.781. The molecule has 2 aromatic carbocycles. The molecule has 2 aromatic rings. The van der Waals surface area contributed by atoms with Crippen LogP contribution in [-0.2, 0) is 0 Å². The zero-order valence-electron chi connectivity index (χ0n) is 12.5. The molecule has 0 radical (unpaired) electrons. The van der Waals surface area contributed by atoms with Crippen molar-refractivity contribution < 1.29 is 9.59 Å². The molecule has 23 heavy (non-hydrogen) atoms. The number of rotatable bonds is 1. The number of Topliss-reactive ketones (excluding diaryl/α,β-unsaturated/α-hetero) is 2. The highest BCUT2D eigenvalue weighted by atomic mass is 16.1. The van der Waals surface area contributed by atoms with Crippen molar-refractivity contribution in [3.63, 3.8) is 0 Å². The predicted octanol–water partition coefficient (Wildman–Crippen LogP) is 4.41. The molecule has 2 heteroatoms. The number of ketones is 2. The van der Waals surface area contributed by atoms with Gasteiger partial charge in [-0.15, -0.1) is 0 Å². The minimum absolute atomic E-state index is 0.0540. The van der Waals surface area contributed by atoms with Crippen molar-refractivity contribution >= 4 is 17.6 Å². The summed E-state index contributed by atoms with van der Waals surface area (Å²) in [7, 11) is 0. The summed E-state index contributed by atoms with van der Waals surface area (Å²) in [5, 5.41) is 0. The van der Waals surface area contributed by atoms with Gasteiger partial charge in [-0.05, 0) is 17.6 Å². The van der Waals surface area contributed by atoms with Gasteiger partial charge in [0.05, 0.1) is 0 Å². The summed E-state index contributed by atoms with van der Waals surface area (Å²) in [5.74, 6) is -0.119. The van der Waals surface area contributed by atoms with Crippen molar-refractivity contribution in [1.29, 1.82) is 0 Å². The molecule has 0 unspecified atom stereocenters. The van der Waals surface area contributed by atoms with Crippen LogP contribution in [0.25, 0.3) is 6.08 Å². The molecule has 0 atom stereocenters. The van der Waals surface area contributed by atoms with E-state index in [-0.39, 0.29) is 11.6 Å². The van der Waals surface area contributed by atoms with Crippen LogP contribution >= 0.6 is 0 Å². The standard InChI is InChI=1S/C21H14O2/c22-20-16-10-4-5-11-17(16)21(23)19-15(9-6-12-18(19)20)13-14-7-2-1-3-8-14/h1-8,10-13H,9H2. The highest BCUT2D eigenvalue weighted by Crippen LogP contribution is 2.35. The molecule has 0 N–H and O–H groups in total.